The van der Waals surface area contributed by atoms with Crippen LogP contribution in [0.4, 0.5) is 13.2 Å². The zero-order valence-electron chi connectivity index (χ0n) is 20.2. The monoisotopic (exact) mass is 612 g/mol. The van der Waals surface area contributed by atoms with E-state index in [4.69, 9.17) is 49.2 Å². The summed E-state index contributed by atoms with van der Waals surface area (Å²) in [7, 11) is 0. The lowest BCUT2D eigenvalue weighted by atomic mass is 9.99. The summed E-state index contributed by atoms with van der Waals surface area (Å²) in [5, 5.41) is 16.5. The summed E-state index contributed by atoms with van der Waals surface area (Å²) in [4.78, 5) is 24.4. The van der Waals surface area contributed by atoms with Gasteiger partial charge in [0.05, 0.1) is 28.6 Å². The van der Waals surface area contributed by atoms with Gasteiger partial charge in [-0.05, 0) is 42.0 Å². The van der Waals surface area contributed by atoms with Crippen molar-refractivity contribution in [3.63, 3.8) is 0 Å². The van der Waals surface area contributed by atoms with Gasteiger partial charge >= 0.3 is 12.1 Å². The third-order valence-electron chi connectivity index (χ3n) is 5.58. The van der Waals surface area contributed by atoms with Crippen molar-refractivity contribution in [2.45, 2.75) is 12.6 Å². The highest BCUT2D eigenvalue weighted by atomic mass is 35.5. The van der Waals surface area contributed by atoms with Crippen LogP contribution >= 0.6 is 34.8 Å². The van der Waals surface area contributed by atoms with Crippen LogP contribution in [0.15, 0.2) is 65.2 Å². The molecule has 0 aliphatic carbocycles. The van der Waals surface area contributed by atoms with E-state index in [2.05, 4.69) is 10.5 Å². The lowest BCUT2D eigenvalue weighted by Crippen LogP contribution is -2.28. The Labute approximate surface area is 240 Å². The van der Waals surface area contributed by atoms with Crippen LogP contribution in [0, 0.1) is 0 Å². The Bertz CT molecular complexity index is 1560. The molecule has 0 fully saturated rings. The normalized spacial score (nSPS) is 11.3. The molecule has 1 aromatic heterocycles. The number of nitrogens with one attached hydrogen (secondary N) is 1. The maximum Gasteiger partial charge on any atom is 0.416 e. The molecule has 0 saturated carbocycles. The topological polar surface area (TPSA) is 102 Å². The summed E-state index contributed by atoms with van der Waals surface area (Å²) in [6.45, 7) is 0.0358. The molecule has 0 spiro atoms. The Morgan fingerprint density at radius 2 is 1.70 bits per heavy atom. The van der Waals surface area contributed by atoms with Crippen molar-refractivity contribution in [2.24, 2.45) is 0 Å². The number of rotatable bonds is 9. The Balaban J connectivity index is 1.64. The number of ether oxygens (including phenoxy) is 1. The van der Waals surface area contributed by atoms with E-state index in [-0.39, 0.29) is 57.8 Å². The molecular formula is C27H18Cl3F3N2O5. The van der Waals surface area contributed by atoms with E-state index in [1.54, 1.807) is 12.1 Å². The summed E-state index contributed by atoms with van der Waals surface area (Å²) < 4.78 is 50.2. The molecule has 1 amide bonds. The third kappa shape index (κ3) is 6.88. The number of amides is 1. The van der Waals surface area contributed by atoms with Crippen molar-refractivity contribution in [2.75, 3.05) is 13.2 Å². The van der Waals surface area contributed by atoms with Gasteiger partial charge in [0.1, 0.15) is 23.6 Å². The van der Waals surface area contributed by atoms with Gasteiger partial charge in [0, 0.05) is 16.1 Å². The van der Waals surface area contributed by atoms with Crippen molar-refractivity contribution in [1.29, 1.82) is 0 Å². The van der Waals surface area contributed by atoms with Crippen LogP contribution < -0.4 is 10.1 Å². The second kappa shape index (κ2) is 12.2. The van der Waals surface area contributed by atoms with E-state index in [0.717, 1.165) is 24.3 Å². The van der Waals surface area contributed by atoms with E-state index >= 15 is 0 Å². The van der Waals surface area contributed by atoms with E-state index in [1.807, 2.05) is 0 Å². The van der Waals surface area contributed by atoms with E-state index in [1.165, 1.54) is 24.3 Å². The first-order valence-corrected chi connectivity index (χ1v) is 12.6. The minimum atomic E-state index is -4.55. The summed E-state index contributed by atoms with van der Waals surface area (Å²) in [5.74, 6) is -1.46. The lowest BCUT2D eigenvalue weighted by molar-refractivity contribution is -0.138. The number of benzene rings is 3. The van der Waals surface area contributed by atoms with Gasteiger partial charge in [-0.2, -0.15) is 13.2 Å². The number of carboxylic acids is 1. The molecule has 0 aliphatic rings. The average molecular weight is 614 g/mol. The molecular weight excluding hydrogens is 596 g/mol. The molecule has 4 aromatic rings. The molecule has 0 aliphatic heterocycles. The zero-order valence-corrected chi connectivity index (χ0v) is 22.5. The number of aliphatic carboxylic acids is 1. The molecule has 0 bridgehead atoms. The fourth-order valence-electron chi connectivity index (χ4n) is 3.73. The highest BCUT2D eigenvalue weighted by Crippen LogP contribution is 2.37. The number of alkyl halides is 3. The molecule has 7 nitrogen and oxygen atoms in total. The molecule has 208 valence electrons. The Hall–Kier alpha value is -3.73. The van der Waals surface area contributed by atoms with Crippen LogP contribution in [0.25, 0.3) is 22.6 Å². The highest BCUT2D eigenvalue weighted by molar-refractivity contribution is 6.35. The molecule has 3 aromatic carbocycles. The molecule has 1 heterocycles. The Morgan fingerprint density at radius 1 is 0.975 bits per heavy atom. The second-order valence-electron chi connectivity index (χ2n) is 8.37. The van der Waals surface area contributed by atoms with Crippen molar-refractivity contribution in [3.8, 4) is 28.3 Å². The quantitative estimate of drug-likeness (QED) is 0.191. The molecule has 0 radical (unpaired) electrons. The first-order chi connectivity index (χ1) is 18.9. The van der Waals surface area contributed by atoms with Gasteiger partial charge in [0.15, 0.2) is 5.76 Å². The van der Waals surface area contributed by atoms with Gasteiger partial charge in [-0.1, -0.05) is 64.2 Å². The largest absolute Gasteiger partial charge is 0.490 e. The minimum absolute atomic E-state index is 0.0140. The molecule has 0 saturated heterocycles. The summed E-state index contributed by atoms with van der Waals surface area (Å²) >= 11 is 18.4. The molecule has 0 unspecified atom stereocenters. The maximum absolute atomic E-state index is 13.4. The van der Waals surface area contributed by atoms with Crippen LogP contribution in [-0.2, 0) is 17.4 Å². The summed E-state index contributed by atoms with van der Waals surface area (Å²) in [5.41, 5.74) is -0.112. The van der Waals surface area contributed by atoms with Crippen LogP contribution in [0.2, 0.25) is 15.1 Å². The second-order valence-corrected chi connectivity index (χ2v) is 9.63. The highest BCUT2D eigenvalue weighted by Gasteiger charge is 2.31. The lowest BCUT2D eigenvalue weighted by Gasteiger charge is -2.11. The van der Waals surface area contributed by atoms with Crippen molar-refractivity contribution < 1.29 is 37.1 Å². The molecule has 4 rings (SSSR count). The average Bonchev–Trinajstić information content (AvgIpc) is 3.32. The standard InChI is InChI=1S/C27H18Cl3F3N2O5/c28-17-6-8-21(20(30)13-17)39-10-9-34-26(38)23-24(18-7-1-14(11-19(18)29)12-22(36)37)35-40-25(23)15-2-4-16(5-3-15)27(31,32)33/h1-8,11,13H,9-10,12H2,(H,34,38)(H,36,37). The van der Waals surface area contributed by atoms with Gasteiger partial charge < -0.3 is 19.7 Å². The Morgan fingerprint density at radius 3 is 2.33 bits per heavy atom. The number of carbonyl (C=O) groups is 2. The van der Waals surface area contributed by atoms with Gasteiger partial charge in [0.25, 0.3) is 5.91 Å². The number of carboxylic acid groups (broad SMARTS) is 1. The molecule has 0 atom stereocenters. The smallest absolute Gasteiger partial charge is 0.416 e. The van der Waals surface area contributed by atoms with Gasteiger partial charge in [0.2, 0.25) is 0 Å². The predicted molar refractivity (Wildman–Crippen MR) is 143 cm³/mol. The fraction of sp³-hybridized carbons (Fsp3) is 0.148. The van der Waals surface area contributed by atoms with Crippen LogP contribution in [-0.4, -0.2) is 35.3 Å². The van der Waals surface area contributed by atoms with Gasteiger partial charge in [-0.15, -0.1) is 0 Å². The van der Waals surface area contributed by atoms with Crippen molar-refractivity contribution in [1.82, 2.24) is 10.5 Å². The first kappa shape index (κ1) is 29.3. The molecule has 13 heteroatoms. The number of aromatic nitrogens is 1. The number of hydrogen-bond donors (Lipinski definition) is 2. The summed E-state index contributed by atoms with van der Waals surface area (Å²) in [6, 6.07) is 13.1. The van der Waals surface area contributed by atoms with E-state index < -0.39 is 23.6 Å². The van der Waals surface area contributed by atoms with Crippen LogP contribution in [0.5, 0.6) is 5.75 Å². The fourth-order valence-corrected chi connectivity index (χ4v) is 4.49. The third-order valence-corrected chi connectivity index (χ3v) is 6.42. The molecule has 40 heavy (non-hydrogen) atoms. The Kier molecular flexibility index (Phi) is 8.92. The summed E-state index contributed by atoms with van der Waals surface area (Å²) in [6.07, 6.45) is -4.83. The SMILES string of the molecule is O=C(O)Cc1ccc(-c2noc(-c3ccc(C(F)(F)F)cc3)c2C(=O)NCCOc2ccc(Cl)cc2Cl)c(Cl)c1. The van der Waals surface area contributed by atoms with Crippen LogP contribution in [0.1, 0.15) is 21.5 Å². The predicted octanol–water partition coefficient (Wildman–Crippen LogP) is 7.42. The van der Waals surface area contributed by atoms with Crippen molar-refractivity contribution >= 4 is 46.7 Å². The number of nitrogens with zero attached hydrogens (tertiary/aromatic N) is 1. The van der Waals surface area contributed by atoms with Crippen LogP contribution in [0.3, 0.4) is 0 Å². The number of carbonyl (C=O) groups excluding carboxylic acids is 1. The van der Waals surface area contributed by atoms with Gasteiger partial charge in [-0.25, -0.2) is 0 Å². The first-order valence-electron chi connectivity index (χ1n) is 11.5. The van der Waals surface area contributed by atoms with E-state index in [9.17, 15) is 22.8 Å². The molecule has 2 N–H and O–H groups in total. The van der Waals surface area contributed by atoms with E-state index in [0.29, 0.717) is 16.3 Å². The zero-order chi connectivity index (χ0) is 29.0. The maximum atomic E-state index is 13.4. The van der Waals surface area contributed by atoms with Crippen molar-refractivity contribution in [3.05, 3.63) is 92.4 Å². The number of hydrogen-bond acceptors (Lipinski definition) is 5. The van der Waals surface area contributed by atoms with Gasteiger partial charge in [-0.3, -0.25) is 9.59 Å². The number of halogens is 6. The minimum Gasteiger partial charge on any atom is -0.490 e.